The average Bonchev–Trinajstić information content (AvgIpc) is 2.92. The minimum absolute atomic E-state index is 0.00137. The van der Waals surface area contributed by atoms with Crippen LogP contribution in [0.15, 0.2) is 42.9 Å². The highest BCUT2D eigenvalue weighted by atomic mass is 19.4. The Kier molecular flexibility index (Phi) is 4.49. The number of aromatic nitrogens is 2. The number of pyridine rings is 2. The first-order valence-corrected chi connectivity index (χ1v) is 8.84. The molecule has 0 spiro atoms. The average molecular weight is 377 g/mol. The first-order chi connectivity index (χ1) is 12.9. The fraction of sp³-hybridized carbons (Fsp3) is 0.421. The lowest BCUT2D eigenvalue weighted by Crippen LogP contribution is -2.49. The molecule has 2 bridgehead atoms. The maximum Gasteiger partial charge on any atom is 0.433 e. The zero-order valence-electron chi connectivity index (χ0n) is 14.4. The standard InChI is InChI=1S/C19H18F3N3O2/c20-19(21,22)17-6-3-12(10-24-17)18(26)25-13-4-5-14(25)9-16(8-13)27-15-2-1-7-23-11-15/h1-3,6-7,10-11,13-14,16H,4-5,8-9H2. The first kappa shape index (κ1) is 17.8. The van der Waals surface area contributed by atoms with Gasteiger partial charge in [0.25, 0.3) is 5.91 Å². The number of rotatable bonds is 3. The van der Waals surface area contributed by atoms with Gasteiger partial charge in [-0.2, -0.15) is 13.2 Å². The van der Waals surface area contributed by atoms with E-state index < -0.39 is 11.9 Å². The van der Waals surface area contributed by atoms with Crippen molar-refractivity contribution in [2.45, 2.75) is 50.0 Å². The van der Waals surface area contributed by atoms with Crippen molar-refractivity contribution in [3.05, 3.63) is 54.1 Å². The maximum absolute atomic E-state index is 12.8. The van der Waals surface area contributed by atoms with Crippen molar-refractivity contribution < 1.29 is 22.7 Å². The van der Waals surface area contributed by atoms with Gasteiger partial charge in [-0.05, 0) is 37.1 Å². The van der Waals surface area contributed by atoms with E-state index in [2.05, 4.69) is 9.97 Å². The molecule has 2 atom stereocenters. The number of hydrogen-bond donors (Lipinski definition) is 0. The third-order valence-electron chi connectivity index (χ3n) is 5.16. The summed E-state index contributed by atoms with van der Waals surface area (Å²) in [6.07, 6.45) is 2.99. The number of piperidine rings is 1. The van der Waals surface area contributed by atoms with Crippen LogP contribution in [-0.4, -0.2) is 39.0 Å². The summed E-state index contributed by atoms with van der Waals surface area (Å²) < 4.78 is 44.0. The van der Waals surface area contributed by atoms with E-state index in [4.69, 9.17) is 4.74 Å². The van der Waals surface area contributed by atoms with Gasteiger partial charge in [-0.25, -0.2) is 0 Å². The second-order valence-electron chi connectivity index (χ2n) is 6.93. The van der Waals surface area contributed by atoms with Gasteiger partial charge in [0, 0.05) is 37.3 Å². The van der Waals surface area contributed by atoms with Gasteiger partial charge in [0.2, 0.25) is 0 Å². The Labute approximate surface area is 154 Å². The summed E-state index contributed by atoms with van der Waals surface area (Å²) in [5, 5.41) is 0. The molecule has 2 aliphatic rings. The number of amides is 1. The highest BCUT2D eigenvalue weighted by Gasteiger charge is 2.44. The number of carbonyl (C=O) groups excluding carboxylic acids is 1. The van der Waals surface area contributed by atoms with Gasteiger partial charge < -0.3 is 9.64 Å². The Balaban J connectivity index is 1.45. The monoisotopic (exact) mass is 377 g/mol. The van der Waals surface area contributed by atoms with Gasteiger partial charge in [-0.1, -0.05) is 0 Å². The second kappa shape index (κ2) is 6.83. The minimum atomic E-state index is -4.51. The first-order valence-electron chi connectivity index (χ1n) is 8.84. The number of fused-ring (bicyclic) bond motifs is 2. The van der Waals surface area contributed by atoms with Crippen molar-refractivity contribution in [1.29, 1.82) is 0 Å². The molecule has 2 saturated heterocycles. The normalized spacial score (nSPS) is 24.7. The molecule has 2 aliphatic heterocycles. The van der Waals surface area contributed by atoms with E-state index in [1.54, 1.807) is 23.4 Å². The highest BCUT2D eigenvalue weighted by Crippen LogP contribution is 2.38. The van der Waals surface area contributed by atoms with Crippen molar-refractivity contribution in [2.75, 3.05) is 0 Å². The van der Waals surface area contributed by atoms with E-state index >= 15 is 0 Å². The van der Waals surface area contributed by atoms with E-state index in [-0.39, 0.29) is 29.7 Å². The minimum Gasteiger partial charge on any atom is -0.489 e. The van der Waals surface area contributed by atoms with Gasteiger partial charge in [0.1, 0.15) is 17.5 Å². The number of nitrogens with zero attached hydrogens (tertiary/aromatic N) is 3. The molecule has 0 aliphatic carbocycles. The number of alkyl halides is 3. The van der Waals surface area contributed by atoms with Crippen LogP contribution in [0.25, 0.3) is 0 Å². The van der Waals surface area contributed by atoms with Gasteiger partial charge in [-0.15, -0.1) is 0 Å². The molecule has 0 N–H and O–H groups in total. The Bertz CT molecular complexity index is 797. The largest absolute Gasteiger partial charge is 0.489 e. The zero-order valence-corrected chi connectivity index (χ0v) is 14.4. The number of halogens is 3. The summed E-state index contributed by atoms with van der Waals surface area (Å²) in [6, 6.07) is 5.77. The smallest absolute Gasteiger partial charge is 0.433 e. The molecule has 27 heavy (non-hydrogen) atoms. The van der Waals surface area contributed by atoms with E-state index in [1.807, 2.05) is 6.07 Å². The van der Waals surface area contributed by atoms with Gasteiger partial charge in [-0.3, -0.25) is 14.8 Å². The van der Waals surface area contributed by atoms with Crippen molar-refractivity contribution in [3.63, 3.8) is 0 Å². The molecule has 0 saturated carbocycles. The van der Waals surface area contributed by atoms with Gasteiger partial charge in [0.15, 0.2) is 0 Å². The second-order valence-corrected chi connectivity index (χ2v) is 6.93. The molecule has 4 rings (SSSR count). The summed E-state index contributed by atoms with van der Waals surface area (Å²) in [7, 11) is 0. The molecule has 8 heteroatoms. The molecule has 2 aromatic rings. The van der Waals surface area contributed by atoms with Crippen LogP contribution < -0.4 is 4.74 Å². The lowest BCUT2D eigenvalue weighted by molar-refractivity contribution is -0.141. The van der Waals surface area contributed by atoms with Crippen molar-refractivity contribution >= 4 is 5.91 Å². The molecule has 5 nitrogen and oxygen atoms in total. The molecule has 2 fully saturated rings. The van der Waals surface area contributed by atoms with Crippen LogP contribution in [0, 0.1) is 0 Å². The van der Waals surface area contributed by atoms with E-state index in [0.717, 1.165) is 25.1 Å². The van der Waals surface area contributed by atoms with Crippen LogP contribution in [0.3, 0.4) is 0 Å². The molecule has 1 amide bonds. The van der Waals surface area contributed by atoms with Crippen LogP contribution in [0.5, 0.6) is 5.75 Å². The number of ether oxygens (including phenoxy) is 1. The predicted molar refractivity (Wildman–Crippen MR) is 90.1 cm³/mol. The van der Waals surface area contributed by atoms with Crippen molar-refractivity contribution in [1.82, 2.24) is 14.9 Å². The fourth-order valence-corrected chi connectivity index (χ4v) is 4.00. The molecule has 142 valence electrons. The molecular formula is C19H18F3N3O2. The Morgan fingerprint density at radius 2 is 1.85 bits per heavy atom. The lowest BCUT2D eigenvalue weighted by Gasteiger charge is -2.38. The third-order valence-corrected chi connectivity index (χ3v) is 5.16. The van der Waals surface area contributed by atoms with E-state index in [1.165, 1.54) is 6.07 Å². The Hall–Kier alpha value is -2.64. The predicted octanol–water partition coefficient (Wildman–Crippen LogP) is 3.71. The summed E-state index contributed by atoms with van der Waals surface area (Å²) in [6.45, 7) is 0. The van der Waals surface area contributed by atoms with E-state index in [9.17, 15) is 18.0 Å². The molecule has 0 aromatic carbocycles. The number of carbonyl (C=O) groups is 1. The molecule has 0 radical (unpaired) electrons. The third kappa shape index (κ3) is 3.61. The lowest BCUT2D eigenvalue weighted by atomic mass is 9.98. The molecular weight excluding hydrogens is 359 g/mol. The molecule has 4 heterocycles. The van der Waals surface area contributed by atoms with Crippen LogP contribution in [0.4, 0.5) is 13.2 Å². The van der Waals surface area contributed by atoms with Crippen molar-refractivity contribution in [3.8, 4) is 5.75 Å². The summed E-state index contributed by atoms with van der Waals surface area (Å²) in [5.41, 5.74) is -0.808. The summed E-state index contributed by atoms with van der Waals surface area (Å²) >= 11 is 0. The van der Waals surface area contributed by atoms with Gasteiger partial charge in [0.05, 0.1) is 11.8 Å². The van der Waals surface area contributed by atoms with Crippen LogP contribution in [-0.2, 0) is 6.18 Å². The van der Waals surface area contributed by atoms with Crippen LogP contribution >= 0.6 is 0 Å². The summed E-state index contributed by atoms with van der Waals surface area (Å²) in [4.78, 5) is 22.1. The fourth-order valence-electron chi connectivity index (χ4n) is 4.00. The quantitative estimate of drug-likeness (QED) is 0.818. The van der Waals surface area contributed by atoms with Crippen LogP contribution in [0.1, 0.15) is 41.7 Å². The van der Waals surface area contributed by atoms with Gasteiger partial charge >= 0.3 is 6.18 Å². The summed E-state index contributed by atoms with van der Waals surface area (Å²) in [5.74, 6) is 0.442. The Morgan fingerprint density at radius 3 is 2.41 bits per heavy atom. The maximum atomic E-state index is 12.8. The SMILES string of the molecule is O=C(c1ccc(C(F)(F)F)nc1)N1C2CCC1CC(Oc1cccnc1)C2. The Morgan fingerprint density at radius 1 is 1.11 bits per heavy atom. The molecule has 2 unspecified atom stereocenters. The molecule has 2 aromatic heterocycles. The van der Waals surface area contributed by atoms with Crippen LogP contribution in [0.2, 0.25) is 0 Å². The highest BCUT2D eigenvalue weighted by molar-refractivity contribution is 5.94. The zero-order chi connectivity index (χ0) is 19.0. The van der Waals surface area contributed by atoms with E-state index in [0.29, 0.717) is 18.6 Å². The number of hydrogen-bond acceptors (Lipinski definition) is 4. The topological polar surface area (TPSA) is 55.3 Å². The van der Waals surface area contributed by atoms with Crippen molar-refractivity contribution in [2.24, 2.45) is 0 Å².